The minimum absolute atomic E-state index is 0.0412. The number of carbonyl (C=O) groups is 1. The molecule has 5 nitrogen and oxygen atoms in total. The van der Waals surface area contributed by atoms with Crippen molar-refractivity contribution in [1.29, 1.82) is 0 Å². The number of ether oxygens (including phenoxy) is 1. The van der Waals surface area contributed by atoms with Gasteiger partial charge < -0.3 is 15.4 Å². The SMILES string of the molecule is CCCNc1cnccc1C(=O)NC1CC(OC)C1. The first-order valence-electron chi connectivity index (χ1n) is 6.76. The van der Waals surface area contributed by atoms with Crippen LogP contribution >= 0.6 is 0 Å². The fourth-order valence-corrected chi connectivity index (χ4v) is 2.13. The van der Waals surface area contributed by atoms with Crippen molar-refractivity contribution in [1.82, 2.24) is 10.3 Å². The number of nitrogens with one attached hydrogen (secondary N) is 2. The Morgan fingerprint density at radius 2 is 2.32 bits per heavy atom. The zero-order chi connectivity index (χ0) is 13.7. The maximum Gasteiger partial charge on any atom is 0.253 e. The summed E-state index contributed by atoms with van der Waals surface area (Å²) in [4.78, 5) is 16.3. The number of carbonyl (C=O) groups excluding carboxylic acids is 1. The third-order valence-electron chi connectivity index (χ3n) is 3.39. The van der Waals surface area contributed by atoms with Gasteiger partial charge in [-0.25, -0.2) is 0 Å². The largest absolute Gasteiger partial charge is 0.383 e. The smallest absolute Gasteiger partial charge is 0.253 e. The van der Waals surface area contributed by atoms with E-state index in [0.717, 1.165) is 31.5 Å². The van der Waals surface area contributed by atoms with Crippen molar-refractivity contribution in [2.45, 2.75) is 38.3 Å². The van der Waals surface area contributed by atoms with E-state index in [2.05, 4.69) is 22.5 Å². The van der Waals surface area contributed by atoms with Crippen LogP contribution in [0, 0.1) is 0 Å². The molecule has 2 N–H and O–H groups in total. The number of amides is 1. The van der Waals surface area contributed by atoms with Crippen LogP contribution in [0.5, 0.6) is 0 Å². The summed E-state index contributed by atoms with van der Waals surface area (Å²) in [7, 11) is 1.71. The highest BCUT2D eigenvalue weighted by Crippen LogP contribution is 2.23. The van der Waals surface area contributed by atoms with E-state index in [1.807, 2.05) is 0 Å². The summed E-state index contributed by atoms with van der Waals surface area (Å²) < 4.78 is 5.21. The summed E-state index contributed by atoms with van der Waals surface area (Å²) >= 11 is 0. The van der Waals surface area contributed by atoms with Gasteiger partial charge in [0, 0.05) is 25.9 Å². The molecular formula is C14H21N3O2. The number of hydrogen-bond donors (Lipinski definition) is 2. The van der Waals surface area contributed by atoms with Crippen LogP contribution in [-0.2, 0) is 4.74 Å². The van der Waals surface area contributed by atoms with Gasteiger partial charge >= 0.3 is 0 Å². The van der Waals surface area contributed by atoms with Crippen LogP contribution < -0.4 is 10.6 Å². The van der Waals surface area contributed by atoms with E-state index in [4.69, 9.17) is 4.74 Å². The molecule has 1 amide bonds. The maximum absolute atomic E-state index is 12.2. The van der Waals surface area contributed by atoms with E-state index in [0.29, 0.717) is 11.7 Å². The molecule has 1 aliphatic carbocycles. The molecule has 0 radical (unpaired) electrons. The Morgan fingerprint density at radius 1 is 1.53 bits per heavy atom. The Hall–Kier alpha value is -1.62. The van der Waals surface area contributed by atoms with Crippen molar-refractivity contribution in [3.63, 3.8) is 0 Å². The van der Waals surface area contributed by atoms with Gasteiger partial charge in [-0.05, 0) is 25.3 Å². The van der Waals surface area contributed by atoms with Crippen molar-refractivity contribution < 1.29 is 9.53 Å². The molecule has 1 aliphatic rings. The average Bonchev–Trinajstić information content (AvgIpc) is 2.40. The van der Waals surface area contributed by atoms with Crippen LogP contribution in [0.15, 0.2) is 18.5 Å². The second-order valence-electron chi connectivity index (χ2n) is 4.85. The molecule has 0 atom stereocenters. The number of nitrogens with zero attached hydrogens (tertiary/aromatic N) is 1. The van der Waals surface area contributed by atoms with Crippen LogP contribution in [0.3, 0.4) is 0 Å². The molecule has 0 unspecified atom stereocenters. The minimum Gasteiger partial charge on any atom is -0.383 e. The molecule has 1 saturated carbocycles. The van der Waals surface area contributed by atoms with Gasteiger partial charge in [-0.3, -0.25) is 9.78 Å². The van der Waals surface area contributed by atoms with Crippen molar-refractivity contribution in [2.24, 2.45) is 0 Å². The first kappa shape index (κ1) is 13.8. The first-order chi connectivity index (χ1) is 9.24. The summed E-state index contributed by atoms with van der Waals surface area (Å²) in [6.45, 7) is 2.92. The fourth-order valence-electron chi connectivity index (χ4n) is 2.13. The standard InChI is InChI=1S/C14H21N3O2/c1-3-5-16-13-9-15-6-4-12(13)14(18)17-10-7-11(8-10)19-2/h4,6,9-11,16H,3,5,7-8H2,1-2H3,(H,17,18). The highest BCUT2D eigenvalue weighted by atomic mass is 16.5. The van der Waals surface area contributed by atoms with Gasteiger partial charge in [-0.2, -0.15) is 0 Å². The molecule has 104 valence electrons. The third kappa shape index (κ3) is 3.44. The Kier molecular flexibility index (Phi) is 4.74. The van der Waals surface area contributed by atoms with E-state index in [1.165, 1.54) is 0 Å². The molecule has 1 heterocycles. The minimum atomic E-state index is -0.0412. The first-order valence-corrected chi connectivity index (χ1v) is 6.76. The topological polar surface area (TPSA) is 63.2 Å². The van der Waals surface area contributed by atoms with Crippen LogP contribution in [0.1, 0.15) is 36.5 Å². The molecule has 0 aliphatic heterocycles. The normalized spacial score (nSPS) is 21.6. The quantitative estimate of drug-likeness (QED) is 0.821. The molecule has 0 aromatic carbocycles. The van der Waals surface area contributed by atoms with Crippen LogP contribution in [0.25, 0.3) is 0 Å². The maximum atomic E-state index is 12.2. The summed E-state index contributed by atoms with van der Waals surface area (Å²) in [6, 6.07) is 1.98. The molecule has 1 aromatic heterocycles. The molecule has 19 heavy (non-hydrogen) atoms. The molecule has 0 bridgehead atoms. The summed E-state index contributed by atoms with van der Waals surface area (Å²) in [5.41, 5.74) is 1.45. The van der Waals surface area contributed by atoms with E-state index < -0.39 is 0 Å². The highest BCUT2D eigenvalue weighted by molar-refractivity contribution is 5.99. The molecule has 1 aromatic rings. The van der Waals surface area contributed by atoms with Gasteiger partial charge in [0.05, 0.1) is 23.6 Å². The Morgan fingerprint density at radius 3 is 3.00 bits per heavy atom. The van der Waals surface area contributed by atoms with Gasteiger partial charge in [0.1, 0.15) is 0 Å². The van der Waals surface area contributed by atoms with Crippen molar-refractivity contribution >= 4 is 11.6 Å². The summed E-state index contributed by atoms with van der Waals surface area (Å²) in [6.07, 6.45) is 6.43. The lowest BCUT2D eigenvalue weighted by atomic mass is 9.89. The molecule has 5 heteroatoms. The van der Waals surface area contributed by atoms with E-state index >= 15 is 0 Å². The van der Waals surface area contributed by atoms with Crippen molar-refractivity contribution in [3.05, 3.63) is 24.0 Å². The lowest BCUT2D eigenvalue weighted by Gasteiger charge is -2.34. The lowest BCUT2D eigenvalue weighted by Crippen LogP contribution is -2.47. The van der Waals surface area contributed by atoms with Crippen LogP contribution in [0.2, 0.25) is 0 Å². The number of rotatable bonds is 6. The number of pyridine rings is 1. The second-order valence-corrected chi connectivity index (χ2v) is 4.85. The second kappa shape index (κ2) is 6.52. The third-order valence-corrected chi connectivity index (χ3v) is 3.39. The number of methoxy groups -OCH3 is 1. The van der Waals surface area contributed by atoms with E-state index in [9.17, 15) is 4.79 Å². The van der Waals surface area contributed by atoms with Crippen molar-refractivity contribution in [3.8, 4) is 0 Å². The molecule has 0 spiro atoms. The van der Waals surface area contributed by atoms with E-state index in [-0.39, 0.29) is 11.9 Å². The fraction of sp³-hybridized carbons (Fsp3) is 0.571. The molecule has 2 rings (SSSR count). The van der Waals surface area contributed by atoms with E-state index in [1.54, 1.807) is 25.6 Å². The molecule has 1 fully saturated rings. The average molecular weight is 263 g/mol. The van der Waals surface area contributed by atoms with Gasteiger partial charge in [-0.15, -0.1) is 0 Å². The zero-order valence-corrected chi connectivity index (χ0v) is 11.5. The van der Waals surface area contributed by atoms with Gasteiger partial charge in [0.25, 0.3) is 5.91 Å². The monoisotopic (exact) mass is 263 g/mol. The predicted molar refractivity (Wildman–Crippen MR) is 74.3 cm³/mol. The zero-order valence-electron chi connectivity index (χ0n) is 11.5. The lowest BCUT2D eigenvalue weighted by molar-refractivity contribution is 0.0176. The van der Waals surface area contributed by atoms with Crippen LogP contribution in [0.4, 0.5) is 5.69 Å². The predicted octanol–water partition coefficient (Wildman–Crippen LogP) is 1.81. The Labute approximate surface area is 113 Å². The molecular weight excluding hydrogens is 242 g/mol. The number of aromatic nitrogens is 1. The molecule has 0 saturated heterocycles. The van der Waals surface area contributed by atoms with Gasteiger partial charge in [0.2, 0.25) is 0 Å². The Bertz CT molecular complexity index is 430. The Balaban J connectivity index is 1.95. The summed E-state index contributed by atoms with van der Waals surface area (Å²) in [5, 5.41) is 6.25. The van der Waals surface area contributed by atoms with Crippen LogP contribution in [-0.4, -0.2) is 36.7 Å². The highest BCUT2D eigenvalue weighted by Gasteiger charge is 2.30. The van der Waals surface area contributed by atoms with Crippen molar-refractivity contribution in [2.75, 3.05) is 19.0 Å². The van der Waals surface area contributed by atoms with Gasteiger partial charge in [-0.1, -0.05) is 6.92 Å². The summed E-state index contributed by atoms with van der Waals surface area (Å²) in [5.74, 6) is -0.0412. The number of hydrogen-bond acceptors (Lipinski definition) is 4. The number of anilines is 1. The van der Waals surface area contributed by atoms with Gasteiger partial charge in [0.15, 0.2) is 0 Å².